The molecule has 0 atom stereocenters. The third-order valence-corrected chi connectivity index (χ3v) is 2.80. The second kappa shape index (κ2) is 5.55. The van der Waals surface area contributed by atoms with Gasteiger partial charge in [-0.2, -0.15) is 0 Å². The quantitative estimate of drug-likeness (QED) is 0.924. The maximum Gasteiger partial charge on any atom is 0.227 e. The van der Waals surface area contributed by atoms with E-state index in [1.54, 1.807) is 19.2 Å². The number of methoxy groups -OCH3 is 1. The molecular weight excluding hydrogens is 293 g/mol. The number of hydrogen-bond donors (Lipinski definition) is 1. The van der Waals surface area contributed by atoms with Crippen molar-refractivity contribution in [2.75, 3.05) is 12.4 Å². The molecule has 0 fully saturated rings. The Balaban J connectivity index is 3.07. The largest absolute Gasteiger partial charge is 0.493 e. The van der Waals surface area contributed by atoms with E-state index >= 15 is 0 Å². The molecule has 3 nitrogen and oxygen atoms in total. The number of ether oxygens (including phenoxy) is 1. The van der Waals surface area contributed by atoms with E-state index < -0.39 is 0 Å². The summed E-state index contributed by atoms with van der Waals surface area (Å²) in [6.07, 6.45) is 0. The van der Waals surface area contributed by atoms with Crippen LogP contribution < -0.4 is 10.1 Å². The summed E-state index contributed by atoms with van der Waals surface area (Å²) in [5.74, 6) is 0.397. The zero-order chi connectivity index (χ0) is 12.3. The normalized spacial score (nSPS) is 10.4. The predicted octanol–water partition coefficient (Wildman–Crippen LogP) is 3.71. The zero-order valence-electron chi connectivity index (χ0n) is 9.30. The topological polar surface area (TPSA) is 38.3 Å². The molecule has 0 aromatic heterocycles. The van der Waals surface area contributed by atoms with Gasteiger partial charge in [0.05, 0.1) is 17.3 Å². The highest BCUT2D eigenvalue weighted by Crippen LogP contribution is 2.36. The van der Waals surface area contributed by atoms with Crippen LogP contribution in [-0.4, -0.2) is 13.0 Å². The molecule has 0 bridgehead atoms. The van der Waals surface area contributed by atoms with Crippen molar-refractivity contribution in [3.63, 3.8) is 0 Å². The van der Waals surface area contributed by atoms with Crippen molar-refractivity contribution in [1.82, 2.24) is 0 Å². The summed E-state index contributed by atoms with van der Waals surface area (Å²) in [5, 5.41) is 3.30. The molecule has 5 heteroatoms. The summed E-state index contributed by atoms with van der Waals surface area (Å²) < 4.78 is 5.90. The van der Waals surface area contributed by atoms with Gasteiger partial charge in [0.25, 0.3) is 0 Å². The number of hydrogen-bond acceptors (Lipinski definition) is 2. The second-order valence-corrected chi connectivity index (χ2v) is 4.90. The Morgan fingerprint density at radius 3 is 2.62 bits per heavy atom. The van der Waals surface area contributed by atoms with Crippen LogP contribution >= 0.6 is 27.5 Å². The van der Waals surface area contributed by atoms with Crippen LogP contribution in [0, 0.1) is 5.92 Å². The maximum atomic E-state index is 11.6. The average Bonchev–Trinajstić information content (AvgIpc) is 2.16. The van der Waals surface area contributed by atoms with Gasteiger partial charge in [-0.1, -0.05) is 25.4 Å². The van der Waals surface area contributed by atoms with Crippen LogP contribution in [0.5, 0.6) is 5.75 Å². The van der Waals surface area contributed by atoms with E-state index in [1.165, 1.54) is 0 Å². The Kier molecular flexibility index (Phi) is 4.62. The van der Waals surface area contributed by atoms with E-state index in [0.717, 1.165) is 0 Å². The van der Waals surface area contributed by atoms with Gasteiger partial charge in [-0.25, -0.2) is 0 Å². The first-order valence-corrected chi connectivity index (χ1v) is 5.96. The molecule has 1 amide bonds. The lowest BCUT2D eigenvalue weighted by Gasteiger charge is -2.13. The van der Waals surface area contributed by atoms with Crippen molar-refractivity contribution in [1.29, 1.82) is 0 Å². The molecule has 0 heterocycles. The van der Waals surface area contributed by atoms with Crippen LogP contribution in [0.25, 0.3) is 0 Å². The first-order chi connectivity index (χ1) is 7.45. The lowest BCUT2D eigenvalue weighted by atomic mass is 10.2. The molecule has 0 spiro atoms. The van der Waals surface area contributed by atoms with Gasteiger partial charge in [0.15, 0.2) is 5.75 Å². The predicted molar refractivity (Wildman–Crippen MR) is 69.2 cm³/mol. The van der Waals surface area contributed by atoms with Crippen LogP contribution in [0.1, 0.15) is 13.8 Å². The van der Waals surface area contributed by atoms with Crippen molar-refractivity contribution < 1.29 is 9.53 Å². The van der Waals surface area contributed by atoms with Crippen molar-refractivity contribution in [2.24, 2.45) is 5.92 Å². The third-order valence-electron chi connectivity index (χ3n) is 1.99. The highest BCUT2D eigenvalue weighted by atomic mass is 79.9. The first kappa shape index (κ1) is 13.3. The van der Waals surface area contributed by atoms with Crippen LogP contribution in [0.15, 0.2) is 16.6 Å². The smallest absolute Gasteiger partial charge is 0.227 e. The SMILES string of the molecule is COc1c(Br)cc(Cl)cc1NC(=O)C(C)C. The molecule has 1 N–H and O–H groups in total. The van der Waals surface area contributed by atoms with E-state index in [9.17, 15) is 4.79 Å². The van der Waals surface area contributed by atoms with Crippen LogP contribution in [0.4, 0.5) is 5.69 Å². The van der Waals surface area contributed by atoms with E-state index in [4.69, 9.17) is 16.3 Å². The summed E-state index contributed by atoms with van der Waals surface area (Å²) in [4.78, 5) is 11.6. The Morgan fingerprint density at radius 2 is 2.12 bits per heavy atom. The molecule has 0 radical (unpaired) electrons. The van der Waals surface area contributed by atoms with Crippen molar-refractivity contribution >= 4 is 39.1 Å². The number of amides is 1. The Labute approximate surface area is 108 Å². The number of benzene rings is 1. The fraction of sp³-hybridized carbons (Fsp3) is 0.364. The molecular formula is C11H13BrClNO2. The molecule has 0 saturated heterocycles. The van der Waals surface area contributed by atoms with Crippen molar-refractivity contribution in [2.45, 2.75) is 13.8 Å². The standard InChI is InChI=1S/C11H13BrClNO2/c1-6(2)11(15)14-9-5-7(13)4-8(12)10(9)16-3/h4-6H,1-3H3,(H,14,15). The number of nitrogens with one attached hydrogen (secondary N) is 1. The minimum absolute atomic E-state index is 0.0764. The second-order valence-electron chi connectivity index (χ2n) is 3.61. The molecule has 0 aliphatic rings. The lowest BCUT2D eigenvalue weighted by Crippen LogP contribution is -2.18. The van der Waals surface area contributed by atoms with Gasteiger partial charge in [0.1, 0.15) is 0 Å². The maximum absolute atomic E-state index is 11.6. The minimum Gasteiger partial charge on any atom is -0.493 e. The minimum atomic E-state index is -0.0949. The number of anilines is 1. The molecule has 0 aliphatic carbocycles. The molecule has 88 valence electrons. The van der Waals surface area contributed by atoms with E-state index in [-0.39, 0.29) is 11.8 Å². The first-order valence-electron chi connectivity index (χ1n) is 4.79. The summed E-state index contributed by atoms with van der Waals surface area (Å²) in [7, 11) is 1.54. The van der Waals surface area contributed by atoms with E-state index in [1.807, 2.05) is 13.8 Å². The van der Waals surface area contributed by atoms with Gasteiger partial charge in [-0.15, -0.1) is 0 Å². The fourth-order valence-corrected chi connectivity index (χ4v) is 2.11. The van der Waals surface area contributed by atoms with E-state index in [0.29, 0.717) is 20.9 Å². The highest BCUT2D eigenvalue weighted by molar-refractivity contribution is 9.10. The van der Waals surface area contributed by atoms with Gasteiger partial charge in [-0.05, 0) is 28.1 Å². The Morgan fingerprint density at radius 1 is 1.50 bits per heavy atom. The Bertz CT molecular complexity index is 407. The third kappa shape index (κ3) is 3.12. The number of carbonyl (C=O) groups is 1. The van der Waals surface area contributed by atoms with Crippen LogP contribution in [0.2, 0.25) is 5.02 Å². The van der Waals surface area contributed by atoms with E-state index in [2.05, 4.69) is 21.2 Å². The summed E-state index contributed by atoms with van der Waals surface area (Å²) in [5.41, 5.74) is 0.570. The summed E-state index contributed by atoms with van der Waals surface area (Å²) in [6.45, 7) is 3.64. The molecule has 1 aromatic carbocycles. The van der Waals surface area contributed by atoms with Crippen LogP contribution in [-0.2, 0) is 4.79 Å². The number of carbonyl (C=O) groups excluding carboxylic acids is 1. The summed E-state index contributed by atoms with van der Waals surface area (Å²) in [6, 6.07) is 3.37. The molecule has 0 aliphatic heterocycles. The Hall–Kier alpha value is -0.740. The zero-order valence-corrected chi connectivity index (χ0v) is 11.6. The molecule has 0 unspecified atom stereocenters. The average molecular weight is 307 g/mol. The fourth-order valence-electron chi connectivity index (χ4n) is 1.14. The van der Waals surface area contributed by atoms with Crippen LogP contribution in [0.3, 0.4) is 0 Å². The highest BCUT2D eigenvalue weighted by Gasteiger charge is 2.13. The molecule has 0 saturated carbocycles. The van der Waals surface area contributed by atoms with Gasteiger partial charge < -0.3 is 10.1 Å². The molecule has 1 rings (SSSR count). The molecule has 16 heavy (non-hydrogen) atoms. The lowest BCUT2D eigenvalue weighted by molar-refractivity contribution is -0.118. The number of rotatable bonds is 3. The monoisotopic (exact) mass is 305 g/mol. The van der Waals surface area contributed by atoms with Crippen molar-refractivity contribution in [3.8, 4) is 5.75 Å². The van der Waals surface area contributed by atoms with Gasteiger partial charge in [-0.3, -0.25) is 4.79 Å². The number of halogens is 2. The van der Waals surface area contributed by atoms with Gasteiger partial charge >= 0.3 is 0 Å². The molecule has 1 aromatic rings. The van der Waals surface area contributed by atoms with Gasteiger partial charge in [0, 0.05) is 10.9 Å². The summed E-state index contributed by atoms with van der Waals surface area (Å²) >= 11 is 9.23. The van der Waals surface area contributed by atoms with Gasteiger partial charge in [0.2, 0.25) is 5.91 Å². The van der Waals surface area contributed by atoms with Crippen molar-refractivity contribution in [3.05, 3.63) is 21.6 Å².